The first-order valence-corrected chi connectivity index (χ1v) is 6.01. The number of rotatable bonds is 2. The highest BCUT2D eigenvalue weighted by atomic mass is 16.3. The summed E-state index contributed by atoms with van der Waals surface area (Å²) in [7, 11) is 0. The van der Waals surface area contributed by atoms with Gasteiger partial charge in [-0.1, -0.05) is 0 Å². The van der Waals surface area contributed by atoms with E-state index in [0.717, 1.165) is 25.9 Å². The van der Waals surface area contributed by atoms with Crippen molar-refractivity contribution in [2.75, 3.05) is 13.1 Å². The molecular formula is C11H19N3O3. The van der Waals surface area contributed by atoms with Crippen LogP contribution < -0.4 is 11.1 Å². The van der Waals surface area contributed by atoms with Gasteiger partial charge in [0.05, 0.1) is 12.1 Å². The molecule has 4 atom stereocenters. The largest absolute Gasteiger partial charge is 0.393 e. The van der Waals surface area contributed by atoms with Crippen LogP contribution >= 0.6 is 0 Å². The Morgan fingerprint density at radius 2 is 2.12 bits per heavy atom. The fraction of sp³-hybridized carbons (Fsp3) is 0.818. The van der Waals surface area contributed by atoms with E-state index in [1.165, 1.54) is 0 Å². The third-order valence-electron chi connectivity index (χ3n) is 4.02. The van der Waals surface area contributed by atoms with Gasteiger partial charge in [-0.2, -0.15) is 0 Å². The minimum atomic E-state index is -0.818. The maximum Gasteiger partial charge on any atom is 0.318 e. The van der Waals surface area contributed by atoms with Crippen molar-refractivity contribution < 1.29 is 14.7 Å². The van der Waals surface area contributed by atoms with Crippen LogP contribution in [0.25, 0.3) is 0 Å². The molecule has 4 N–H and O–H groups in total. The molecule has 1 aliphatic carbocycles. The molecule has 2 fully saturated rings. The summed E-state index contributed by atoms with van der Waals surface area (Å²) in [6, 6.07) is -1.19. The topological polar surface area (TPSA) is 95.7 Å². The summed E-state index contributed by atoms with van der Waals surface area (Å²) >= 11 is 0. The first-order chi connectivity index (χ1) is 7.99. The zero-order valence-electron chi connectivity index (χ0n) is 9.93. The van der Waals surface area contributed by atoms with Crippen LogP contribution in [0.15, 0.2) is 0 Å². The average Bonchev–Trinajstić information content (AvgIpc) is 2.79. The monoisotopic (exact) mass is 241 g/mol. The molecular weight excluding hydrogens is 222 g/mol. The van der Waals surface area contributed by atoms with Gasteiger partial charge in [0, 0.05) is 19.0 Å². The molecule has 6 nitrogen and oxygen atoms in total. The van der Waals surface area contributed by atoms with Crippen LogP contribution in [0.3, 0.4) is 0 Å². The van der Waals surface area contributed by atoms with E-state index < -0.39 is 6.03 Å². The number of carbonyl (C=O) groups excluding carboxylic acids is 2. The summed E-state index contributed by atoms with van der Waals surface area (Å²) in [6.07, 6.45) is 1.65. The summed E-state index contributed by atoms with van der Waals surface area (Å²) in [6.45, 7) is 3.29. The van der Waals surface area contributed by atoms with E-state index >= 15 is 0 Å². The van der Waals surface area contributed by atoms with Crippen LogP contribution in [0.2, 0.25) is 0 Å². The van der Waals surface area contributed by atoms with Crippen molar-refractivity contribution in [3.63, 3.8) is 0 Å². The minimum Gasteiger partial charge on any atom is -0.393 e. The van der Waals surface area contributed by atoms with Crippen molar-refractivity contribution in [2.45, 2.75) is 31.9 Å². The normalized spacial score (nSPS) is 34.4. The van der Waals surface area contributed by atoms with Crippen molar-refractivity contribution in [1.29, 1.82) is 0 Å². The van der Waals surface area contributed by atoms with Gasteiger partial charge in [0.15, 0.2) is 0 Å². The SMILES string of the molecule is CC(C(=O)NC(N)=O)N1CC2CCC(O)C2C1. The van der Waals surface area contributed by atoms with Crippen LogP contribution in [-0.2, 0) is 4.79 Å². The Morgan fingerprint density at radius 1 is 1.41 bits per heavy atom. The smallest absolute Gasteiger partial charge is 0.318 e. The average molecular weight is 241 g/mol. The van der Waals surface area contributed by atoms with Crippen molar-refractivity contribution in [3.05, 3.63) is 0 Å². The number of amides is 3. The highest BCUT2D eigenvalue weighted by Gasteiger charge is 2.43. The summed E-state index contributed by atoms with van der Waals surface area (Å²) in [5, 5.41) is 11.9. The first kappa shape index (κ1) is 12.3. The maximum atomic E-state index is 11.6. The fourth-order valence-corrected chi connectivity index (χ4v) is 2.98. The molecule has 0 aromatic rings. The van der Waals surface area contributed by atoms with Gasteiger partial charge in [-0.05, 0) is 25.7 Å². The van der Waals surface area contributed by atoms with Gasteiger partial charge in [-0.3, -0.25) is 15.0 Å². The number of nitrogens with two attached hydrogens (primary N) is 1. The number of aliphatic hydroxyl groups is 1. The Bertz CT molecular complexity index is 334. The molecule has 6 heteroatoms. The third-order valence-corrected chi connectivity index (χ3v) is 4.02. The zero-order valence-corrected chi connectivity index (χ0v) is 9.93. The summed E-state index contributed by atoms with van der Waals surface area (Å²) in [5.41, 5.74) is 4.91. The number of hydrogen-bond donors (Lipinski definition) is 3. The number of hydrogen-bond acceptors (Lipinski definition) is 4. The second-order valence-corrected chi connectivity index (χ2v) is 5.05. The molecule has 0 spiro atoms. The van der Waals surface area contributed by atoms with Crippen LogP contribution in [0, 0.1) is 11.8 Å². The van der Waals surface area contributed by atoms with Gasteiger partial charge >= 0.3 is 6.03 Å². The molecule has 1 heterocycles. The number of likely N-dealkylation sites (tertiary alicyclic amines) is 1. The number of nitrogens with zero attached hydrogens (tertiary/aromatic N) is 1. The lowest BCUT2D eigenvalue weighted by atomic mass is 10.00. The number of fused-ring (bicyclic) bond motifs is 1. The quantitative estimate of drug-likeness (QED) is 0.594. The highest BCUT2D eigenvalue weighted by molar-refractivity contribution is 5.96. The van der Waals surface area contributed by atoms with E-state index in [2.05, 4.69) is 5.32 Å². The molecule has 0 radical (unpaired) electrons. The van der Waals surface area contributed by atoms with Crippen molar-refractivity contribution in [2.24, 2.45) is 17.6 Å². The Labute approximate surface area is 100 Å². The Balaban J connectivity index is 1.92. The van der Waals surface area contributed by atoms with Crippen molar-refractivity contribution in [3.8, 4) is 0 Å². The van der Waals surface area contributed by atoms with E-state index in [-0.39, 0.29) is 24.0 Å². The van der Waals surface area contributed by atoms with E-state index in [1.54, 1.807) is 6.92 Å². The number of primary amides is 1. The van der Waals surface area contributed by atoms with Gasteiger partial charge in [0.25, 0.3) is 0 Å². The molecule has 0 bridgehead atoms. The van der Waals surface area contributed by atoms with Gasteiger partial charge in [0.1, 0.15) is 0 Å². The highest BCUT2D eigenvalue weighted by Crippen LogP contribution is 2.38. The minimum absolute atomic E-state index is 0.239. The summed E-state index contributed by atoms with van der Waals surface area (Å²) in [4.78, 5) is 24.2. The van der Waals surface area contributed by atoms with Crippen molar-refractivity contribution in [1.82, 2.24) is 10.2 Å². The molecule has 1 saturated carbocycles. The molecule has 1 saturated heterocycles. The number of imide groups is 1. The predicted octanol–water partition coefficient (Wildman–Crippen LogP) is -0.727. The van der Waals surface area contributed by atoms with Crippen molar-refractivity contribution >= 4 is 11.9 Å². The molecule has 2 aliphatic rings. The predicted molar refractivity (Wildman–Crippen MR) is 61.0 cm³/mol. The van der Waals surface area contributed by atoms with E-state index in [0.29, 0.717) is 5.92 Å². The summed E-state index contributed by atoms with van der Waals surface area (Å²) in [5.74, 6) is 0.389. The molecule has 0 aromatic carbocycles. The van der Waals surface area contributed by atoms with Crippen LogP contribution in [0.4, 0.5) is 4.79 Å². The van der Waals surface area contributed by atoms with Crippen LogP contribution in [0.5, 0.6) is 0 Å². The van der Waals surface area contributed by atoms with Gasteiger partial charge < -0.3 is 10.8 Å². The molecule has 4 unspecified atom stereocenters. The Hall–Kier alpha value is -1.14. The lowest BCUT2D eigenvalue weighted by Crippen LogP contribution is -2.48. The Morgan fingerprint density at radius 3 is 2.71 bits per heavy atom. The van der Waals surface area contributed by atoms with E-state index in [4.69, 9.17) is 5.73 Å². The molecule has 96 valence electrons. The molecule has 17 heavy (non-hydrogen) atoms. The van der Waals surface area contributed by atoms with Gasteiger partial charge in [-0.15, -0.1) is 0 Å². The molecule has 0 aromatic heterocycles. The first-order valence-electron chi connectivity index (χ1n) is 6.01. The molecule has 1 aliphatic heterocycles. The lowest BCUT2D eigenvalue weighted by Gasteiger charge is -2.24. The lowest BCUT2D eigenvalue weighted by molar-refractivity contribution is -0.124. The number of urea groups is 1. The molecule has 2 rings (SSSR count). The maximum absolute atomic E-state index is 11.6. The van der Waals surface area contributed by atoms with Gasteiger partial charge in [0.2, 0.25) is 5.91 Å². The Kier molecular flexibility index (Phi) is 3.35. The second-order valence-electron chi connectivity index (χ2n) is 5.05. The zero-order chi connectivity index (χ0) is 12.6. The van der Waals surface area contributed by atoms with Gasteiger partial charge in [-0.25, -0.2) is 4.79 Å². The number of aliphatic hydroxyl groups excluding tert-OH is 1. The third kappa shape index (κ3) is 2.42. The van der Waals surface area contributed by atoms with Crippen LogP contribution in [0.1, 0.15) is 19.8 Å². The second kappa shape index (κ2) is 4.62. The van der Waals surface area contributed by atoms with Crippen LogP contribution in [-0.4, -0.2) is 47.2 Å². The molecule has 3 amide bonds. The number of nitrogens with one attached hydrogen (secondary N) is 1. The standard InChI is InChI=1S/C11H19N3O3/c1-6(10(16)13-11(12)17)14-4-7-2-3-9(15)8(7)5-14/h6-9,15H,2-5H2,1H3,(H3,12,13,16,17). The van der Waals surface area contributed by atoms with E-state index in [1.807, 2.05) is 4.90 Å². The van der Waals surface area contributed by atoms with E-state index in [9.17, 15) is 14.7 Å². The fourth-order valence-electron chi connectivity index (χ4n) is 2.98. The number of carbonyl (C=O) groups is 2. The summed E-state index contributed by atoms with van der Waals surface area (Å²) < 4.78 is 0.